The van der Waals surface area contributed by atoms with Gasteiger partial charge in [-0.15, -0.1) is 11.3 Å². The van der Waals surface area contributed by atoms with Crippen molar-refractivity contribution < 1.29 is 13.3 Å². The molecule has 0 fully saturated rings. The highest BCUT2D eigenvalue weighted by Crippen LogP contribution is 2.36. The Balaban J connectivity index is 2.21. The van der Waals surface area contributed by atoms with Gasteiger partial charge in [0.1, 0.15) is 4.21 Å². The fourth-order valence-corrected chi connectivity index (χ4v) is 4.57. The zero-order valence-electron chi connectivity index (χ0n) is 10.7. The molecule has 0 unspecified atom stereocenters. The number of nitrogens with two attached hydrogens (primary N) is 1. The average molecular weight is 349 g/mol. The lowest BCUT2D eigenvalue weighted by molar-refractivity contribution is -0.383. The number of nitro groups is 1. The Bertz CT molecular complexity index is 766. The second kappa shape index (κ2) is 6.03. The lowest BCUT2D eigenvalue weighted by atomic mass is 10.5. The maximum absolute atomic E-state index is 12.1. The summed E-state index contributed by atoms with van der Waals surface area (Å²) < 4.78 is 26.4. The molecule has 2 aromatic rings. The summed E-state index contributed by atoms with van der Waals surface area (Å²) >= 11 is 2.06. The smallest absolute Gasteiger partial charge is 0.306 e. The summed E-state index contributed by atoms with van der Waals surface area (Å²) in [7, 11) is -3.85. The van der Waals surface area contributed by atoms with E-state index in [0.29, 0.717) is 11.3 Å². The molecule has 0 radical (unpaired) electrons. The number of nitrogens with zero attached hydrogens (tertiary/aromatic N) is 2. The van der Waals surface area contributed by atoms with E-state index in [1.54, 1.807) is 6.20 Å². The molecule has 2 heterocycles. The van der Waals surface area contributed by atoms with Gasteiger partial charge < -0.3 is 5.43 Å². The van der Waals surface area contributed by atoms with Crippen molar-refractivity contribution in [3.05, 3.63) is 32.3 Å². The first kappa shape index (κ1) is 15.8. The quantitative estimate of drug-likeness (QED) is 0.404. The van der Waals surface area contributed by atoms with Crippen molar-refractivity contribution in [3.63, 3.8) is 0 Å². The topological polar surface area (TPSA) is 140 Å². The third-order valence-electron chi connectivity index (χ3n) is 2.39. The minimum atomic E-state index is -3.85. The van der Waals surface area contributed by atoms with E-state index >= 15 is 0 Å². The molecule has 0 aliphatic rings. The summed E-state index contributed by atoms with van der Waals surface area (Å²) in [5.41, 5.74) is 1.74. The molecule has 4 N–H and O–H groups in total. The van der Waals surface area contributed by atoms with Gasteiger partial charge in [0.2, 0.25) is 0 Å². The predicted octanol–water partition coefficient (Wildman–Crippen LogP) is 1.19. The third kappa shape index (κ3) is 3.54. The maximum atomic E-state index is 12.1. The van der Waals surface area contributed by atoms with Crippen LogP contribution in [0.2, 0.25) is 0 Å². The lowest BCUT2D eigenvalue weighted by Crippen LogP contribution is -2.21. The molecule has 0 saturated heterocycles. The number of hydrazine groups is 1. The standard InChI is InChI=1S/C9H11N5O4S3/c1-5-11-3-6(19-5)4-12-21(17,18)8-2-7(14(15)16)9(13-10)20-8/h2-3,12-13H,4,10H2,1H3. The van der Waals surface area contributed by atoms with E-state index in [1.165, 1.54) is 11.3 Å². The normalized spacial score (nSPS) is 11.5. The van der Waals surface area contributed by atoms with E-state index in [0.717, 1.165) is 16.0 Å². The van der Waals surface area contributed by atoms with Gasteiger partial charge in [-0.1, -0.05) is 11.3 Å². The number of nitrogen functional groups attached to an aromatic ring is 1. The molecule has 2 rings (SSSR count). The highest BCUT2D eigenvalue weighted by molar-refractivity contribution is 7.91. The van der Waals surface area contributed by atoms with E-state index in [2.05, 4.69) is 15.1 Å². The van der Waals surface area contributed by atoms with Crippen molar-refractivity contribution in [3.8, 4) is 0 Å². The summed E-state index contributed by atoms with van der Waals surface area (Å²) in [6, 6.07) is 0.972. The minimum absolute atomic E-state index is 0.0194. The number of thiazole rings is 1. The number of rotatable bonds is 6. The molecule has 0 bridgehead atoms. The van der Waals surface area contributed by atoms with Crippen molar-refractivity contribution in [1.29, 1.82) is 0 Å². The molecule has 0 amide bonds. The largest absolute Gasteiger partial charge is 0.310 e. The first-order chi connectivity index (χ1) is 9.83. The van der Waals surface area contributed by atoms with Crippen LogP contribution >= 0.6 is 22.7 Å². The van der Waals surface area contributed by atoms with Gasteiger partial charge in [0.25, 0.3) is 10.0 Å². The second-order valence-corrected chi connectivity index (χ2v) is 8.22. The van der Waals surface area contributed by atoms with Crippen LogP contribution in [0.5, 0.6) is 0 Å². The van der Waals surface area contributed by atoms with Gasteiger partial charge in [-0.2, -0.15) is 0 Å². The Hall–Kier alpha value is -1.60. The molecule has 2 aromatic heterocycles. The summed E-state index contributed by atoms with van der Waals surface area (Å²) in [6.45, 7) is 1.88. The number of hydrogen-bond donors (Lipinski definition) is 3. The van der Waals surface area contributed by atoms with Crippen molar-refractivity contribution in [2.45, 2.75) is 17.7 Å². The van der Waals surface area contributed by atoms with E-state index in [4.69, 9.17) is 5.84 Å². The number of hydrogen-bond acceptors (Lipinski definition) is 9. The molecular weight excluding hydrogens is 338 g/mol. The van der Waals surface area contributed by atoms with Crippen LogP contribution < -0.4 is 16.0 Å². The monoisotopic (exact) mass is 349 g/mol. The molecule has 21 heavy (non-hydrogen) atoms. The van der Waals surface area contributed by atoms with Crippen LogP contribution in [0.1, 0.15) is 9.88 Å². The number of aromatic nitrogens is 1. The van der Waals surface area contributed by atoms with E-state index in [1.807, 2.05) is 6.92 Å². The molecule has 9 nitrogen and oxygen atoms in total. The zero-order valence-corrected chi connectivity index (χ0v) is 13.1. The van der Waals surface area contributed by atoms with Crippen molar-refractivity contribution >= 4 is 43.4 Å². The summed E-state index contributed by atoms with van der Waals surface area (Å²) in [5, 5.41) is 11.6. The van der Waals surface area contributed by atoms with E-state index in [-0.39, 0.29) is 21.4 Å². The molecule has 0 aliphatic heterocycles. The van der Waals surface area contributed by atoms with E-state index < -0.39 is 14.9 Å². The fourth-order valence-electron chi connectivity index (χ4n) is 1.46. The van der Waals surface area contributed by atoms with Crippen LogP contribution in [0.3, 0.4) is 0 Å². The van der Waals surface area contributed by atoms with Gasteiger partial charge in [0.15, 0.2) is 5.00 Å². The molecule has 0 atom stereocenters. The molecule has 114 valence electrons. The summed E-state index contributed by atoms with van der Waals surface area (Å²) in [6.07, 6.45) is 1.58. The number of nitrogens with one attached hydrogen (secondary N) is 2. The van der Waals surface area contributed by atoms with Crippen molar-refractivity contribution in [1.82, 2.24) is 9.71 Å². The highest BCUT2D eigenvalue weighted by atomic mass is 32.2. The average Bonchev–Trinajstić information content (AvgIpc) is 3.02. The first-order valence-electron chi connectivity index (χ1n) is 5.49. The predicted molar refractivity (Wildman–Crippen MR) is 79.7 cm³/mol. The van der Waals surface area contributed by atoms with Crippen LogP contribution in [-0.2, 0) is 16.6 Å². The van der Waals surface area contributed by atoms with E-state index in [9.17, 15) is 18.5 Å². The highest BCUT2D eigenvalue weighted by Gasteiger charge is 2.25. The molecule has 0 aliphatic carbocycles. The SMILES string of the molecule is Cc1ncc(CNS(=O)(=O)c2cc([N+](=O)[O-])c(NN)s2)s1. The number of thiophene rings is 1. The van der Waals surface area contributed by atoms with Gasteiger partial charge in [-0.05, 0) is 6.92 Å². The van der Waals surface area contributed by atoms with Crippen LogP contribution in [0.15, 0.2) is 16.5 Å². The van der Waals surface area contributed by atoms with Crippen LogP contribution in [0.4, 0.5) is 10.7 Å². The van der Waals surface area contributed by atoms with Crippen LogP contribution in [0.25, 0.3) is 0 Å². The maximum Gasteiger partial charge on any atom is 0.306 e. The fraction of sp³-hybridized carbons (Fsp3) is 0.222. The molecular formula is C9H11N5O4S3. The Morgan fingerprint density at radius 1 is 1.48 bits per heavy atom. The van der Waals surface area contributed by atoms with Gasteiger partial charge in [0, 0.05) is 23.7 Å². The molecule has 0 spiro atoms. The Morgan fingerprint density at radius 2 is 2.19 bits per heavy atom. The molecule has 0 aromatic carbocycles. The summed E-state index contributed by atoms with van der Waals surface area (Å²) in [5.74, 6) is 5.15. The Morgan fingerprint density at radius 3 is 2.67 bits per heavy atom. The zero-order chi connectivity index (χ0) is 15.6. The lowest BCUT2D eigenvalue weighted by Gasteiger charge is -2.01. The molecule has 12 heteroatoms. The van der Waals surface area contributed by atoms with Gasteiger partial charge in [-0.25, -0.2) is 24.0 Å². The number of aryl methyl sites for hydroxylation is 1. The summed E-state index contributed by atoms with van der Waals surface area (Å²) in [4.78, 5) is 14.9. The minimum Gasteiger partial charge on any atom is -0.310 e. The Kier molecular flexibility index (Phi) is 4.53. The van der Waals surface area contributed by atoms with Gasteiger partial charge >= 0.3 is 5.69 Å². The second-order valence-electron chi connectivity index (χ2n) is 3.85. The third-order valence-corrected chi connectivity index (χ3v) is 6.23. The Labute approximate surface area is 128 Å². The van der Waals surface area contributed by atoms with Gasteiger partial charge in [-0.3, -0.25) is 10.1 Å². The number of sulfonamides is 1. The first-order valence-corrected chi connectivity index (χ1v) is 8.61. The van der Waals surface area contributed by atoms with Crippen molar-refractivity contribution in [2.75, 3.05) is 5.43 Å². The van der Waals surface area contributed by atoms with Gasteiger partial charge in [0.05, 0.1) is 9.93 Å². The number of anilines is 1. The van der Waals surface area contributed by atoms with Crippen LogP contribution in [0, 0.1) is 17.0 Å². The molecule has 0 saturated carbocycles. The van der Waals surface area contributed by atoms with Crippen molar-refractivity contribution in [2.24, 2.45) is 5.84 Å². The van der Waals surface area contributed by atoms with Crippen LogP contribution in [-0.4, -0.2) is 18.3 Å².